The Morgan fingerprint density at radius 2 is 1.92 bits per heavy atom. The minimum atomic E-state index is -0.504. The normalized spacial score (nSPS) is 10.4. The molecule has 0 radical (unpaired) electrons. The average molecular weight is 397 g/mol. The molecule has 3 aromatic rings. The Morgan fingerprint density at radius 1 is 1.24 bits per heavy atom. The molecule has 6 nitrogen and oxygen atoms in total. The fraction of sp³-hybridized carbons (Fsp3) is 0.111. The third-order valence-corrected chi connectivity index (χ3v) is 4.69. The van der Waals surface area contributed by atoms with Gasteiger partial charge in [0.1, 0.15) is 0 Å². The van der Waals surface area contributed by atoms with Crippen LogP contribution in [0.15, 0.2) is 53.1 Å². The lowest BCUT2D eigenvalue weighted by atomic mass is 9.99. The van der Waals surface area contributed by atoms with Crippen LogP contribution in [0.5, 0.6) is 0 Å². The molecule has 0 saturated carbocycles. The fourth-order valence-electron chi connectivity index (χ4n) is 2.63. The first-order valence-corrected chi connectivity index (χ1v) is 8.26. The lowest BCUT2D eigenvalue weighted by Gasteiger charge is -2.08. The summed E-state index contributed by atoms with van der Waals surface area (Å²) in [6.45, 7) is 2.20. The van der Waals surface area contributed by atoms with Gasteiger partial charge in [-0.05, 0) is 48.6 Å². The third kappa shape index (κ3) is 3.30. The highest BCUT2D eigenvalue weighted by molar-refractivity contribution is 9.10. The number of imidazole rings is 1. The number of nitriles is 1. The Morgan fingerprint density at radius 3 is 2.52 bits per heavy atom. The van der Waals surface area contributed by atoms with Crippen LogP contribution in [0.1, 0.15) is 17.0 Å². The maximum Gasteiger partial charge on any atom is 0.396 e. The van der Waals surface area contributed by atoms with Crippen LogP contribution in [0.3, 0.4) is 0 Å². The van der Waals surface area contributed by atoms with Gasteiger partial charge in [0.25, 0.3) is 0 Å². The number of nitrogens with zero attached hydrogens (tertiary/aromatic N) is 4. The predicted molar refractivity (Wildman–Crippen MR) is 97.0 cm³/mol. The van der Waals surface area contributed by atoms with Gasteiger partial charge in [-0.1, -0.05) is 42.5 Å². The Balaban J connectivity index is 1.90. The number of hydrogen-bond acceptors (Lipinski definition) is 4. The Bertz CT molecular complexity index is 987. The third-order valence-electron chi connectivity index (χ3n) is 3.91. The number of benzene rings is 2. The van der Waals surface area contributed by atoms with Crippen molar-refractivity contribution in [2.24, 2.45) is 0 Å². The van der Waals surface area contributed by atoms with Gasteiger partial charge in [-0.3, -0.25) is 4.57 Å². The standard InChI is InChI=1S/C18H13BrN4O2/c1-12-21-18(23(24)25)17(19)22(12)11-13-6-8-14(9-7-13)16-5-3-2-4-15(16)10-20/h2-9H,11H2,1H3. The van der Waals surface area contributed by atoms with Crippen molar-refractivity contribution in [3.05, 3.63) is 80.2 Å². The van der Waals surface area contributed by atoms with Crippen molar-refractivity contribution < 1.29 is 4.92 Å². The molecule has 0 N–H and O–H groups in total. The molecule has 0 unspecified atom stereocenters. The second kappa shape index (κ2) is 6.87. The lowest BCUT2D eigenvalue weighted by Crippen LogP contribution is -2.02. The van der Waals surface area contributed by atoms with Crippen LogP contribution < -0.4 is 0 Å². The topological polar surface area (TPSA) is 84.8 Å². The van der Waals surface area contributed by atoms with E-state index in [0.29, 0.717) is 22.5 Å². The summed E-state index contributed by atoms with van der Waals surface area (Å²) >= 11 is 3.25. The zero-order chi connectivity index (χ0) is 18.0. The molecule has 25 heavy (non-hydrogen) atoms. The van der Waals surface area contributed by atoms with Crippen LogP contribution in [0.2, 0.25) is 0 Å². The van der Waals surface area contributed by atoms with Crippen molar-refractivity contribution in [1.82, 2.24) is 9.55 Å². The average Bonchev–Trinajstić information content (AvgIpc) is 2.91. The fourth-order valence-corrected chi connectivity index (χ4v) is 3.24. The summed E-state index contributed by atoms with van der Waals surface area (Å²) in [4.78, 5) is 14.4. The van der Waals surface area contributed by atoms with E-state index >= 15 is 0 Å². The Kier molecular flexibility index (Phi) is 4.63. The highest BCUT2D eigenvalue weighted by Gasteiger charge is 2.23. The molecule has 0 aliphatic heterocycles. The highest BCUT2D eigenvalue weighted by Crippen LogP contribution is 2.27. The molecule has 2 aromatic carbocycles. The maximum atomic E-state index is 11.0. The van der Waals surface area contributed by atoms with E-state index in [1.165, 1.54) is 0 Å². The second-order valence-corrected chi connectivity index (χ2v) is 6.22. The molecule has 0 aliphatic carbocycles. The van der Waals surface area contributed by atoms with Gasteiger partial charge in [0.05, 0.1) is 18.2 Å². The van der Waals surface area contributed by atoms with E-state index in [1.54, 1.807) is 17.6 Å². The smallest absolute Gasteiger partial charge is 0.358 e. The molecule has 0 fully saturated rings. The molecule has 0 atom stereocenters. The quantitative estimate of drug-likeness (QED) is 0.481. The van der Waals surface area contributed by atoms with Crippen LogP contribution in [0.4, 0.5) is 5.82 Å². The molecule has 0 saturated heterocycles. The van der Waals surface area contributed by atoms with E-state index < -0.39 is 4.92 Å². The first-order valence-electron chi connectivity index (χ1n) is 7.46. The van der Waals surface area contributed by atoms with Gasteiger partial charge in [0, 0.05) is 6.92 Å². The lowest BCUT2D eigenvalue weighted by molar-refractivity contribution is -0.390. The van der Waals surface area contributed by atoms with Crippen molar-refractivity contribution >= 4 is 21.7 Å². The molecule has 124 valence electrons. The van der Waals surface area contributed by atoms with Gasteiger partial charge in [-0.25, -0.2) is 0 Å². The number of aryl methyl sites for hydroxylation is 1. The Hall–Kier alpha value is -2.98. The summed E-state index contributed by atoms with van der Waals surface area (Å²) in [7, 11) is 0. The molecule has 0 bridgehead atoms. The number of nitro groups is 1. The van der Waals surface area contributed by atoms with Crippen LogP contribution in [-0.4, -0.2) is 14.5 Å². The van der Waals surface area contributed by atoms with E-state index in [2.05, 4.69) is 27.0 Å². The van der Waals surface area contributed by atoms with Gasteiger partial charge in [-0.2, -0.15) is 5.26 Å². The van der Waals surface area contributed by atoms with Crippen LogP contribution in [0, 0.1) is 28.4 Å². The molecule has 0 amide bonds. The molecular weight excluding hydrogens is 384 g/mol. The first-order chi connectivity index (χ1) is 12.0. The van der Waals surface area contributed by atoms with Gasteiger partial charge in [0.2, 0.25) is 5.82 Å². The summed E-state index contributed by atoms with van der Waals surface area (Å²) < 4.78 is 2.10. The van der Waals surface area contributed by atoms with Gasteiger partial charge in [-0.15, -0.1) is 0 Å². The second-order valence-electron chi connectivity index (χ2n) is 5.47. The molecular formula is C18H13BrN4O2. The van der Waals surface area contributed by atoms with E-state index in [-0.39, 0.29) is 5.82 Å². The van der Waals surface area contributed by atoms with E-state index in [1.807, 2.05) is 42.5 Å². The van der Waals surface area contributed by atoms with Crippen LogP contribution >= 0.6 is 15.9 Å². The minimum Gasteiger partial charge on any atom is -0.358 e. The summed E-state index contributed by atoms with van der Waals surface area (Å²) in [5.41, 5.74) is 3.44. The molecule has 7 heteroatoms. The minimum absolute atomic E-state index is 0.183. The summed E-state index contributed by atoms with van der Waals surface area (Å²) in [5.74, 6) is 0.384. The molecule has 0 spiro atoms. The number of aromatic nitrogens is 2. The highest BCUT2D eigenvalue weighted by atomic mass is 79.9. The molecule has 3 rings (SSSR count). The van der Waals surface area contributed by atoms with Crippen molar-refractivity contribution in [3.63, 3.8) is 0 Å². The van der Waals surface area contributed by atoms with Crippen molar-refractivity contribution in [2.45, 2.75) is 13.5 Å². The Labute approximate surface area is 152 Å². The van der Waals surface area contributed by atoms with E-state index in [9.17, 15) is 15.4 Å². The van der Waals surface area contributed by atoms with Crippen LogP contribution in [0.25, 0.3) is 11.1 Å². The largest absolute Gasteiger partial charge is 0.396 e. The van der Waals surface area contributed by atoms with E-state index in [4.69, 9.17) is 0 Å². The summed E-state index contributed by atoms with van der Waals surface area (Å²) in [6, 6.07) is 17.4. The molecule has 1 heterocycles. The number of rotatable bonds is 4. The maximum absolute atomic E-state index is 11.0. The first kappa shape index (κ1) is 16.9. The van der Waals surface area contributed by atoms with Gasteiger partial charge >= 0.3 is 5.82 Å². The monoisotopic (exact) mass is 396 g/mol. The SMILES string of the molecule is Cc1nc([N+](=O)[O-])c(Br)n1Cc1ccc(-c2ccccc2C#N)cc1. The molecule has 0 aliphatic rings. The van der Waals surface area contributed by atoms with Gasteiger partial charge in [0.15, 0.2) is 4.60 Å². The summed E-state index contributed by atoms with van der Waals surface area (Å²) in [5, 5.41) is 20.2. The van der Waals surface area contributed by atoms with Crippen LogP contribution in [-0.2, 0) is 6.54 Å². The zero-order valence-corrected chi connectivity index (χ0v) is 14.9. The van der Waals surface area contributed by atoms with Crippen molar-refractivity contribution in [1.29, 1.82) is 5.26 Å². The zero-order valence-electron chi connectivity index (χ0n) is 13.3. The number of hydrogen-bond donors (Lipinski definition) is 0. The van der Waals surface area contributed by atoms with E-state index in [0.717, 1.165) is 16.7 Å². The molecule has 1 aromatic heterocycles. The van der Waals surface area contributed by atoms with Crippen molar-refractivity contribution in [3.8, 4) is 17.2 Å². The van der Waals surface area contributed by atoms with Gasteiger partial charge < -0.3 is 10.1 Å². The van der Waals surface area contributed by atoms with Crippen molar-refractivity contribution in [2.75, 3.05) is 0 Å². The predicted octanol–water partition coefficient (Wildman–Crippen LogP) is 4.45. The summed E-state index contributed by atoms with van der Waals surface area (Å²) in [6.07, 6.45) is 0. The number of halogens is 1.